The Morgan fingerprint density at radius 2 is 0.315 bits per heavy atom. The van der Waals surface area contributed by atoms with Crippen molar-refractivity contribution in [2.45, 2.75) is 250 Å². The van der Waals surface area contributed by atoms with Crippen molar-refractivity contribution in [1.29, 1.82) is 0 Å². The molecule has 10 nitrogen and oxygen atoms in total. The van der Waals surface area contributed by atoms with Gasteiger partial charge in [-0.05, 0) is 259 Å². The first kappa shape index (κ1) is 98.7. The maximum Gasteiger partial charge on any atom is 0.113 e. The quantitative estimate of drug-likeness (QED) is 0.0343. The normalized spacial score (nSPS) is 13.3. The zero-order valence-electron chi connectivity index (χ0n) is 87.0. The molecule has 3 aliphatic carbocycles. The first-order valence-electron chi connectivity index (χ1n) is 55.6. The second kappa shape index (κ2) is 44.3. The molecule has 23 rings (SSSR count). The first-order chi connectivity index (χ1) is 73.6. The molecule has 0 aliphatic heterocycles. The fraction of sp³-hybridized carbons (Fsp3) is 0.289. The van der Waals surface area contributed by atoms with E-state index in [-0.39, 0.29) is 16.2 Å². The lowest BCUT2D eigenvalue weighted by molar-refractivity contribution is 0.401. The van der Waals surface area contributed by atoms with Crippen LogP contribution >= 0.6 is 46.9 Å². The Bertz CT molecular complexity index is 7560. The van der Waals surface area contributed by atoms with Gasteiger partial charge in [0, 0.05) is 94.9 Å². The van der Waals surface area contributed by atoms with Crippen LogP contribution in [0.15, 0.2) is 328 Å². The van der Waals surface area contributed by atoms with Crippen LogP contribution < -0.4 is 9.80 Å². The van der Waals surface area contributed by atoms with Gasteiger partial charge in [0.05, 0.1) is 46.9 Å². The van der Waals surface area contributed by atoms with Crippen LogP contribution in [-0.4, -0.2) is 35.0 Å². The summed E-state index contributed by atoms with van der Waals surface area (Å²) >= 11 is 5.32. The van der Waals surface area contributed by atoms with Crippen LogP contribution in [-0.2, 0) is 16.2 Å². The van der Waals surface area contributed by atoms with Crippen LogP contribution in [0, 0.1) is 0 Å². The first-order valence-corrected chi connectivity index (χ1v) is 58.5. The molecule has 20 aromatic rings. The summed E-state index contributed by atoms with van der Waals surface area (Å²) in [5.74, 6) is 0. The van der Waals surface area contributed by atoms with Gasteiger partial charge in [0.2, 0.25) is 0 Å². The summed E-state index contributed by atoms with van der Waals surface area (Å²) in [6, 6.07) is 124. The molecule has 0 saturated heterocycles. The number of aromatic nitrogens is 8. The number of nitrogens with zero attached hydrogens (tertiary/aromatic N) is 10. The third-order valence-corrected chi connectivity index (χ3v) is 35.4. The Morgan fingerprint density at radius 3 is 0.490 bits per heavy atom. The van der Waals surface area contributed by atoms with E-state index in [1.54, 1.807) is 0 Å². The summed E-state index contributed by atoms with van der Waals surface area (Å²) in [7, 11) is 0. The van der Waals surface area contributed by atoms with E-state index in [0.717, 1.165) is 211 Å². The molecule has 0 amide bonds. The molecule has 0 atom stereocenters. The maximum atomic E-state index is 5.35. The molecule has 0 unspecified atom stereocenters. The van der Waals surface area contributed by atoms with Crippen LogP contribution in [0.4, 0.5) is 34.1 Å². The van der Waals surface area contributed by atoms with Crippen LogP contribution in [0.2, 0.25) is 0 Å². The summed E-state index contributed by atoms with van der Waals surface area (Å²) in [5.41, 5.74) is 49.0. The molecule has 149 heavy (non-hydrogen) atoms. The second-order valence-corrected chi connectivity index (χ2v) is 44.4. The summed E-state index contributed by atoms with van der Waals surface area (Å²) < 4.78 is 41.9. The monoisotopic (exact) mass is 2020 g/mol. The van der Waals surface area contributed by atoms with Gasteiger partial charge in [0.25, 0.3) is 0 Å². The maximum absolute atomic E-state index is 5.35. The molecular formula is C135H132N10S4. The van der Waals surface area contributed by atoms with Crippen molar-refractivity contribution in [3.05, 3.63) is 361 Å². The number of rotatable bonds is 44. The van der Waals surface area contributed by atoms with Crippen molar-refractivity contribution in [3.63, 3.8) is 0 Å². The van der Waals surface area contributed by atoms with Crippen LogP contribution in [0.1, 0.15) is 268 Å². The summed E-state index contributed by atoms with van der Waals surface area (Å²) in [6.07, 6.45) is 35.3. The van der Waals surface area contributed by atoms with Gasteiger partial charge in [0.15, 0.2) is 0 Å². The summed E-state index contributed by atoms with van der Waals surface area (Å²) in [6.45, 7) is 14.1. The second-order valence-electron chi connectivity index (χ2n) is 42.3. The number of benzene rings is 16. The molecule has 0 saturated carbocycles. The van der Waals surface area contributed by atoms with Gasteiger partial charge in [-0.3, -0.25) is 0 Å². The van der Waals surface area contributed by atoms with Crippen molar-refractivity contribution >= 4 is 125 Å². The Kier molecular flexibility index (Phi) is 29.3. The Morgan fingerprint density at radius 1 is 0.161 bits per heavy atom. The lowest BCUT2D eigenvalue weighted by atomic mass is 9.69. The summed E-state index contributed by atoms with van der Waals surface area (Å²) in [4.78, 5) is 4.63. The highest BCUT2D eigenvalue weighted by atomic mass is 32.1. The molecular weight excluding hydrogens is 1890 g/mol. The topological polar surface area (TPSA) is 110 Å². The minimum atomic E-state index is -0.223. The van der Waals surface area contributed by atoms with E-state index < -0.39 is 0 Å². The smallest absolute Gasteiger partial charge is 0.113 e. The Balaban J connectivity index is 0.566. The zero-order valence-corrected chi connectivity index (χ0v) is 90.3. The average molecular weight is 2020 g/mol. The minimum Gasteiger partial charge on any atom is -0.311 e. The Hall–Kier alpha value is -13.6. The summed E-state index contributed by atoms with van der Waals surface area (Å²) in [5, 5.41) is 0. The van der Waals surface area contributed by atoms with E-state index >= 15 is 0 Å². The fourth-order valence-electron chi connectivity index (χ4n) is 25.7. The van der Waals surface area contributed by atoms with Crippen LogP contribution in [0.5, 0.6) is 0 Å². The number of anilines is 6. The predicted molar refractivity (Wildman–Crippen MR) is 634 cm³/mol. The molecule has 4 heterocycles. The molecule has 0 bridgehead atoms. The van der Waals surface area contributed by atoms with E-state index in [9.17, 15) is 0 Å². The highest BCUT2D eigenvalue weighted by Gasteiger charge is 2.47. The lowest BCUT2D eigenvalue weighted by Gasteiger charge is -2.33. The van der Waals surface area contributed by atoms with E-state index in [1.807, 2.05) is 0 Å². The predicted octanol–water partition coefficient (Wildman–Crippen LogP) is 40.6. The minimum absolute atomic E-state index is 0.203. The standard InChI is InChI=1S/C135H132N10S4/c1-7-13-19-37-79-133(80-38-20-14-8-2)119-85-93(107-73-71-105(125-127(107)138-146-136-125)91-51-61-103(62-52-91)144(99-43-29-25-30-44-99)100-45-31-26-32-46-100)55-65-113(119)115-67-57-95(87-121(115)133)109-75-77-111(131-129(109)140-148-142-131)97-59-69-117-118-70-60-98(90-124(118)135(123(117)89-97,83-41-23-17-11-5)84-42-24-18-12-6)112-78-76-110(130-132(112)143-149-141-130)96-58-68-116-114-66-56-94(86-120(114)134(122(116)88-96,81-39-21-15-9-3)82-40-22-16-10-4)108-74-72-106(126-128(108)139-147-137-126)92-53-63-104(64-54-92)145(101-47-33-27-34-48-101)102-49-35-28-36-50-102/h25-36,43-78,85-90H,7-24,37-42,79-84H2,1-6H3. The van der Waals surface area contributed by atoms with Gasteiger partial charge in [-0.1, -0.05) is 414 Å². The molecule has 0 spiro atoms. The molecule has 3 aliphatic rings. The van der Waals surface area contributed by atoms with Crippen molar-refractivity contribution < 1.29 is 0 Å². The third-order valence-electron chi connectivity index (χ3n) is 33.3. The number of fused-ring (bicyclic) bond motifs is 13. The van der Waals surface area contributed by atoms with Crippen LogP contribution in [0.3, 0.4) is 0 Å². The molecule has 0 fully saturated rings. The van der Waals surface area contributed by atoms with Gasteiger partial charge in [-0.2, -0.15) is 35.0 Å². The van der Waals surface area contributed by atoms with E-state index in [1.165, 1.54) is 263 Å². The number of para-hydroxylation sites is 4. The molecule has 4 aromatic heterocycles. The van der Waals surface area contributed by atoms with Gasteiger partial charge in [0.1, 0.15) is 44.1 Å². The fourth-order valence-corrected chi connectivity index (χ4v) is 28.0. The molecule has 746 valence electrons. The van der Waals surface area contributed by atoms with Gasteiger partial charge in [-0.25, -0.2) is 0 Å². The highest BCUT2D eigenvalue weighted by Crippen LogP contribution is 2.62. The van der Waals surface area contributed by atoms with Gasteiger partial charge >= 0.3 is 0 Å². The molecule has 16 aromatic carbocycles. The molecule has 0 radical (unpaired) electrons. The van der Waals surface area contributed by atoms with Gasteiger partial charge < -0.3 is 9.80 Å². The van der Waals surface area contributed by atoms with Crippen molar-refractivity contribution in [2.75, 3.05) is 9.80 Å². The number of hydrogen-bond donors (Lipinski definition) is 0. The van der Waals surface area contributed by atoms with Crippen molar-refractivity contribution in [3.8, 4) is 122 Å². The number of hydrogen-bond acceptors (Lipinski definition) is 14. The average Bonchev–Trinajstić information content (AvgIpc) is 1.55. The van der Waals surface area contributed by atoms with Crippen LogP contribution in [0.25, 0.3) is 167 Å². The van der Waals surface area contributed by atoms with Crippen molar-refractivity contribution in [1.82, 2.24) is 35.0 Å². The van der Waals surface area contributed by atoms with Crippen molar-refractivity contribution in [2.24, 2.45) is 0 Å². The van der Waals surface area contributed by atoms with E-state index in [0.29, 0.717) is 0 Å². The SMILES string of the molecule is CCCCCCC1(CCCCCC)c2cc(-c3ccc(-c4ccc(N(c5ccccc5)c5ccccc5)cc4)c4nsnc34)ccc2-c2ccc(-c3ccc(-c4ccc5c(c4)C(CCCCCC)(CCCCCC)c4cc(-c6ccc(-c7ccc8c(c7)C(CCCCCC)(CCCCCC)c7cc(-c9ccc(-c%10ccc(N(c%11ccccc%11)c%11ccccc%11)cc%10)c%10nsnc9%10)ccc7-8)c7nsnc67)ccc4-5)c4nsnc34)cc21. The number of unbranched alkanes of at least 4 members (excludes halogenated alkanes) is 18. The van der Waals surface area contributed by atoms with E-state index in [2.05, 4.69) is 379 Å². The third kappa shape index (κ3) is 18.8. The molecule has 14 heteroatoms. The van der Waals surface area contributed by atoms with E-state index in [4.69, 9.17) is 35.0 Å². The lowest BCUT2D eigenvalue weighted by Crippen LogP contribution is -2.25. The largest absolute Gasteiger partial charge is 0.311 e. The zero-order chi connectivity index (χ0) is 101. The van der Waals surface area contributed by atoms with Gasteiger partial charge in [-0.15, -0.1) is 0 Å². The highest BCUT2D eigenvalue weighted by molar-refractivity contribution is 7.01. The Labute approximate surface area is 896 Å². The molecule has 0 N–H and O–H groups in total.